The van der Waals surface area contributed by atoms with E-state index >= 15 is 0 Å². The van der Waals surface area contributed by atoms with Crippen LogP contribution >= 0.6 is 0 Å². The molecule has 19 heteroatoms. The van der Waals surface area contributed by atoms with Crippen LogP contribution < -0.4 is 47.4 Å². The second kappa shape index (κ2) is 31.4. The van der Waals surface area contributed by atoms with E-state index in [0.717, 1.165) is 145 Å². The Hall–Kier alpha value is -9.88. The van der Waals surface area contributed by atoms with Crippen LogP contribution in [-0.4, -0.2) is 90.2 Å². The number of fused-ring (bicyclic) bond motifs is 3. The minimum Gasteiger partial charge on any atom is -0.457 e. The van der Waals surface area contributed by atoms with Crippen molar-refractivity contribution in [3.63, 3.8) is 0 Å². The number of para-hydroxylation sites is 3. The lowest BCUT2D eigenvalue weighted by Gasteiger charge is -2.43. The molecule has 4 aliphatic heterocycles. The highest BCUT2D eigenvalue weighted by Crippen LogP contribution is 2.49. The van der Waals surface area contributed by atoms with Gasteiger partial charge in [-0.1, -0.05) is 96.1 Å². The number of anilines is 3. The molecule has 2 aliphatic carbocycles. The summed E-state index contributed by atoms with van der Waals surface area (Å²) in [6, 6.07) is 53.0. The van der Waals surface area contributed by atoms with Gasteiger partial charge in [0.25, 0.3) is 17.7 Å². The first-order valence-corrected chi connectivity index (χ1v) is 38.2. The predicted octanol–water partition coefficient (Wildman–Crippen LogP) is 18.6. The number of ether oxygens (including phenoxy) is 3. The van der Waals surface area contributed by atoms with Gasteiger partial charge >= 0.3 is 0 Å². The molecule has 552 valence electrons. The van der Waals surface area contributed by atoms with Crippen LogP contribution in [0.2, 0.25) is 0 Å². The van der Waals surface area contributed by atoms with Gasteiger partial charge in [0.15, 0.2) is 0 Å². The Morgan fingerprint density at radius 2 is 0.610 bits per heavy atom. The van der Waals surface area contributed by atoms with Gasteiger partial charge in [0.05, 0.1) is 18.1 Å². The van der Waals surface area contributed by atoms with E-state index in [1.54, 1.807) is 0 Å². The number of nitrogens with two attached hydrogens (primary N) is 3. The third-order valence-corrected chi connectivity index (χ3v) is 23.0. The summed E-state index contributed by atoms with van der Waals surface area (Å²) >= 11 is 0. The first-order valence-electron chi connectivity index (χ1n) is 38.2. The summed E-state index contributed by atoms with van der Waals surface area (Å²) in [4.78, 5) is 40.3. The van der Waals surface area contributed by atoms with Crippen molar-refractivity contribution in [2.24, 2.45) is 57.6 Å². The number of aromatic nitrogens is 6. The lowest BCUT2D eigenvalue weighted by atomic mass is 9.68. The van der Waals surface area contributed by atoms with Crippen molar-refractivity contribution >= 4 is 35.2 Å². The summed E-state index contributed by atoms with van der Waals surface area (Å²) in [5.41, 5.74) is 24.5. The second-order valence-electron chi connectivity index (χ2n) is 32.8. The number of amides is 3. The van der Waals surface area contributed by atoms with Crippen LogP contribution in [-0.2, 0) is 0 Å². The molecule has 3 unspecified atom stereocenters. The molecule has 1 saturated heterocycles. The zero-order valence-corrected chi connectivity index (χ0v) is 62.7. The minimum absolute atomic E-state index is 0.193. The SMILES string of the molecule is CC(C)(C)C1CCC(C2CCNc3c(C(N)=O)c(-c4ccc(Oc5ccccc5)cc4)nn32)CC1.CC(C)(C)C1CCC(C2CCNc3c(C(N)=O)c(-c4ccc(Oc5ccccc5)cc4)nn32)CC1.CC(C)(C)N1CCC(C2CCNc3c(C(N)=O)c(-c4ccc(Oc5ccccc5)cc4)nn32)CC1. The Labute approximate surface area is 619 Å². The molecule has 105 heavy (non-hydrogen) atoms. The second-order valence-corrected chi connectivity index (χ2v) is 32.8. The van der Waals surface area contributed by atoms with Gasteiger partial charge < -0.3 is 47.4 Å². The highest BCUT2D eigenvalue weighted by atomic mass is 16.5. The summed E-state index contributed by atoms with van der Waals surface area (Å²) in [5.74, 6) is 8.69. The number of hydrogen-bond donors (Lipinski definition) is 6. The van der Waals surface area contributed by atoms with Crippen molar-refractivity contribution in [2.75, 3.05) is 48.7 Å². The highest BCUT2D eigenvalue weighted by molar-refractivity contribution is 6.05. The zero-order chi connectivity index (χ0) is 73.7. The summed E-state index contributed by atoms with van der Waals surface area (Å²) in [5, 5.41) is 25.2. The van der Waals surface area contributed by atoms with Gasteiger partial charge in [0.2, 0.25) is 0 Å². The first-order chi connectivity index (χ1) is 50.4. The fraction of sp³-hybridized carbons (Fsp3) is 0.442. The van der Waals surface area contributed by atoms with Gasteiger partial charge in [-0.25, -0.2) is 14.0 Å². The lowest BCUT2D eigenvalue weighted by Crippen LogP contribution is -2.47. The van der Waals surface area contributed by atoms with Crippen LogP contribution in [0.5, 0.6) is 34.5 Å². The Kier molecular flexibility index (Phi) is 22.0. The van der Waals surface area contributed by atoms with Crippen LogP contribution in [0, 0.1) is 40.4 Å². The average Bonchev–Trinajstić information content (AvgIpc) is 1.63. The monoisotopic (exact) mass is 1420 g/mol. The van der Waals surface area contributed by atoms with Crippen LogP contribution in [0.3, 0.4) is 0 Å². The fourth-order valence-electron chi connectivity index (χ4n) is 17.1. The van der Waals surface area contributed by atoms with E-state index in [0.29, 0.717) is 74.4 Å². The number of nitrogens with zero attached hydrogens (tertiary/aromatic N) is 7. The van der Waals surface area contributed by atoms with Crippen molar-refractivity contribution in [1.82, 2.24) is 34.2 Å². The van der Waals surface area contributed by atoms with Crippen molar-refractivity contribution in [3.05, 3.63) is 180 Å². The number of piperidine rings is 1. The number of primary amides is 3. The molecule has 15 rings (SSSR count). The van der Waals surface area contributed by atoms with Gasteiger partial charge in [0.1, 0.15) is 85.7 Å². The quantitative estimate of drug-likeness (QED) is 0.0559. The molecule has 3 aromatic heterocycles. The standard InChI is InChI=1S/2C29H36N4O2.C28H35N5O2/c2*1-29(2,3)21-13-9-19(10-14-21)24-17-18-31-28-25(27(30)34)26(32-33(24)28)20-11-15-23(16-12-20)35-22-7-5-4-6-8-22;1-28(2,3)32-17-14-19(15-18-32)23-13-16-30-27-24(26(29)34)25(31-33(23)27)20-9-11-22(12-10-20)35-21-7-5-4-6-8-21/h2*4-8,11-12,15-16,19,21,24,31H,9-10,13-14,17-18H2,1-3H3,(H2,30,34);4-12,19,23,30H,13-18H2,1-3H3,(H2,29,34). The summed E-state index contributed by atoms with van der Waals surface area (Å²) in [6.45, 7) is 25.7. The van der Waals surface area contributed by atoms with Crippen molar-refractivity contribution in [2.45, 2.75) is 169 Å². The number of hydrogen-bond acceptors (Lipinski definition) is 13. The highest BCUT2D eigenvalue weighted by Gasteiger charge is 2.41. The molecule has 6 aliphatic rings. The minimum atomic E-state index is -0.457. The number of benzene rings is 6. The van der Waals surface area contributed by atoms with E-state index < -0.39 is 17.7 Å². The van der Waals surface area contributed by atoms with Crippen LogP contribution in [0.4, 0.5) is 17.5 Å². The average molecular weight is 1420 g/mol. The number of likely N-dealkylation sites (tertiary alicyclic amines) is 1. The van der Waals surface area contributed by atoms with E-state index in [-0.39, 0.29) is 11.6 Å². The van der Waals surface area contributed by atoms with E-state index in [2.05, 4.69) is 92.5 Å². The Bertz CT molecular complexity index is 3960. The number of carbonyl (C=O) groups is 3. The largest absolute Gasteiger partial charge is 0.457 e. The maximum Gasteiger partial charge on any atom is 0.254 e. The topological polar surface area (TPSA) is 250 Å². The lowest BCUT2D eigenvalue weighted by molar-refractivity contribution is 0.0683. The molecular formula is C86H107N13O6. The third kappa shape index (κ3) is 16.8. The molecule has 19 nitrogen and oxygen atoms in total. The third-order valence-electron chi connectivity index (χ3n) is 23.0. The van der Waals surface area contributed by atoms with E-state index in [1.165, 1.54) is 51.4 Å². The first kappa shape index (κ1) is 73.4. The van der Waals surface area contributed by atoms with E-state index in [1.807, 2.05) is 168 Å². The van der Waals surface area contributed by atoms with E-state index in [4.69, 9.17) is 46.7 Å². The van der Waals surface area contributed by atoms with Crippen molar-refractivity contribution in [1.29, 1.82) is 0 Å². The predicted molar refractivity (Wildman–Crippen MR) is 418 cm³/mol. The zero-order valence-electron chi connectivity index (χ0n) is 62.7. The van der Waals surface area contributed by atoms with Crippen LogP contribution in [0.1, 0.15) is 195 Å². The molecule has 7 heterocycles. The summed E-state index contributed by atoms with van der Waals surface area (Å²) in [7, 11) is 0. The molecular weight excluding hydrogens is 1310 g/mol. The Morgan fingerprint density at radius 3 is 0.857 bits per heavy atom. The van der Waals surface area contributed by atoms with Crippen LogP contribution in [0.25, 0.3) is 33.8 Å². The normalized spacial score (nSPS) is 21.2. The van der Waals surface area contributed by atoms with Crippen molar-refractivity contribution in [3.8, 4) is 68.3 Å². The molecule has 3 amide bonds. The number of carbonyl (C=O) groups excluding carboxylic acids is 3. The van der Waals surface area contributed by atoms with Crippen LogP contribution in [0.15, 0.2) is 164 Å². The molecule has 0 spiro atoms. The number of nitrogens with one attached hydrogen (secondary N) is 3. The molecule has 0 bridgehead atoms. The van der Waals surface area contributed by atoms with Gasteiger partial charge in [-0.2, -0.15) is 15.3 Å². The Balaban J connectivity index is 0.000000140. The Morgan fingerprint density at radius 1 is 0.352 bits per heavy atom. The maximum absolute atomic E-state index is 12.6. The molecule has 9 N–H and O–H groups in total. The summed E-state index contributed by atoms with van der Waals surface area (Å²) in [6.07, 6.45) is 15.1. The number of rotatable bonds is 15. The van der Waals surface area contributed by atoms with Gasteiger partial charge in [-0.3, -0.25) is 19.3 Å². The molecule has 9 aromatic rings. The van der Waals surface area contributed by atoms with Gasteiger partial charge in [-0.15, -0.1) is 0 Å². The van der Waals surface area contributed by atoms with Gasteiger partial charge in [0, 0.05) is 41.9 Å². The fourth-order valence-corrected chi connectivity index (χ4v) is 17.1. The summed E-state index contributed by atoms with van der Waals surface area (Å²) < 4.78 is 24.0. The molecule has 2 saturated carbocycles. The maximum atomic E-state index is 12.6. The molecule has 3 fully saturated rings. The van der Waals surface area contributed by atoms with E-state index in [9.17, 15) is 14.4 Å². The van der Waals surface area contributed by atoms with Crippen molar-refractivity contribution < 1.29 is 28.6 Å². The molecule has 6 aromatic carbocycles. The molecule has 3 atom stereocenters. The smallest absolute Gasteiger partial charge is 0.254 e. The van der Waals surface area contributed by atoms with Gasteiger partial charge in [-0.05, 0) is 267 Å². The molecule has 0 radical (unpaired) electrons.